The van der Waals surface area contributed by atoms with Gasteiger partial charge in [-0.05, 0) is 32.4 Å². The molecule has 0 radical (unpaired) electrons. The van der Waals surface area contributed by atoms with Crippen molar-refractivity contribution in [1.82, 2.24) is 0 Å². The lowest BCUT2D eigenvalue weighted by Crippen LogP contribution is -2.38. The Balaban J connectivity index is 2.20. The summed E-state index contributed by atoms with van der Waals surface area (Å²) in [5.74, 6) is 0.916. The maximum Gasteiger partial charge on any atom is 0.132 e. The lowest BCUT2D eigenvalue weighted by molar-refractivity contribution is 0.0718. The van der Waals surface area contributed by atoms with Crippen molar-refractivity contribution in [3.63, 3.8) is 0 Å². The number of benzene rings is 1. The molecule has 0 aromatic heterocycles. The third-order valence-corrected chi connectivity index (χ3v) is 3.25. The van der Waals surface area contributed by atoms with Crippen molar-refractivity contribution in [3.8, 4) is 5.75 Å². The Hall–Kier alpha value is -1.22. The Morgan fingerprint density at radius 3 is 2.80 bits per heavy atom. The van der Waals surface area contributed by atoms with Gasteiger partial charge >= 0.3 is 0 Å². The van der Waals surface area contributed by atoms with Crippen LogP contribution in [0, 0.1) is 6.92 Å². The van der Waals surface area contributed by atoms with E-state index in [9.17, 15) is 0 Å². The molecule has 2 aliphatic rings. The Labute approximate surface area is 89.2 Å². The van der Waals surface area contributed by atoms with E-state index < -0.39 is 0 Å². The number of rotatable bonds is 0. The summed E-state index contributed by atoms with van der Waals surface area (Å²) in [6.45, 7) is 6.16. The first-order valence-corrected chi connectivity index (χ1v) is 5.24. The largest absolute Gasteiger partial charge is 0.484 e. The molecule has 2 unspecified atom stereocenters. The predicted octanol–water partition coefficient (Wildman–Crippen LogP) is 2.19. The summed E-state index contributed by atoms with van der Waals surface area (Å²) in [6, 6.07) is 3.92. The molecular formula is C12H15NO2. The van der Waals surface area contributed by atoms with Crippen molar-refractivity contribution >= 4 is 5.69 Å². The van der Waals surface area contributed by atoms with E-state index in [1.54, 1.807) is 0 Å². The van der Waals surface area contributed by atoms with Gasteiger partial charge in [-0.1, -0.05) is 6.07 Å². The maximum absolute atomic E-state index is 5.98. The van der Waals surface area contributed by atoms with Crippen LogP contribution in [0.25, 0.3) is 0 Å². The number of aryl methyl sites for hydroxylation is 1. The first kappa shape index (κ1) is 9.04. The zero-order valence-electron chi connectivity index (χ0n) is 9.20. The molecule has 1 saturated heterocycles. The molecule has 1 aromatic rings. The number of hydrogen-bond donors (Lipinski definition) is 1. The van der Waals surface area contributed by atoms with Gasteiger partial charge in [0.05, 0.1) is 0 Å². The van der Waals surface area contributed by atoms with Crippen LogP contribution >= 0.6 is 0 Å². The van der Waals surface area contributed by atoms with Gasteiger partial charge < -0.3 is 15.2 Å². The summed E-state index contributed by atoms with van der Waals surface area (Å²) in [5.41, 5.74) is 8.66. The van der Waals surface area contributed by atoms with E-state index in [0.717, 1.165) is 22.6 Å². The minimum Gasteiger partial charge on any atom is -0.484 e. The molecule has 0 amide bonds. The van der Waals surface area contributed by atoms with E-state index in [-0.39, 0.29) is 17.8 Å². The van der Waals surface area contributed by atoms with Crippen molar-refractivity contribution in [2.45, 2.75) is 38.6 Å². The number of ether oxygens (including phenoxy) is 2. The molecule has 2 atom stereocenters. The summed E-state index contributed by atoms with van der Waals surface area (Å²) in [6.07, 6.45) is 0.303. The van der Waals surface area contributed by atoms with Gasteiger partial charge in [0.15, 0.2) is 0 Å². The lowest BCUT2D eigenvalue weighted by Gasteiger charge is -2.31. The van der Waals surface area contributed by atoms with Crippen LogP contribution in [0.3, 0.4) is 0 Å². The summed E-state index contributed by atoms with van der Waals surface area (Å²) >= 11 is 0. The summed E-state index contributed by atoms with van der Waals surface area (Å²) in [5, 5.41) is 0. The Kier molecular flexibility index (Phi) is 1.49. The van der Waals surface area contributed by atoms with Crippen LogP contribution in [-0.4, -0.2) is 11.7 Å². The molecule has 2 heterocycles. The van der Waals surface area contributed by atoms with Crippen LogP contribution in [-0.2, 0) is 4.74 Å². The molecule has 3 rings (SSSR count). The van der Waals surface area contributed by atoms with E-state index in [1.165, 1.54) is 0 Å². The average molecular weight is 205 g/mol. The summed E-state index contributed by atoms with van der Waals surface area (Å²) in [4.78, 5) is 0. The van der Waals surface area contributed by atoms with E-state index >= 15 is 0 Å². The van der Waals surface area contributed by atoms with Crippen molar-refractivity contribution in [1.29, 1.82) is 0 Å². The molecule has 2 N–H and O–H groups in total. The highest BCUT2D eigenvalue weighted by molar-refractivity contribution is 5.61. The van der Waals surface area contributed by atoms with Crippen LogP contribution in [0.2, 0.25) is 0 Å². The molecule has 0 aliphatic carbocycles. The highest BCUT2D eigenvalue weighted by atomic mass is 16.6. The fourth-order valence-corrected chi connectivity index (χ4v) is 2.33. The smallest absolute Gasteiger partial charge is 0.132 e. The van der Waals surface area contributed by atoms with Gasteiger partial charge in [0, 0.05) is 11.3 Å². The second kappa shape index (κ2) is 2.47. The normalized spacial score (nSPS) is 30.1. The molecule has 0 saturated carbocycles. The second-order valence-corrected chi connectivity index (χ2v) is 4.90. The van der Waals surface area contributed by atoms with Gasteiger partial charge in [-0.3, -0.25) is 0 Å². The lowest BCUT2D eigenvalue weighted by atomic mass is 9.92. The monoisotopic (exact) mass is 205 g/mol. The van der Waals surface area contributed by atoms with E-state index in [4.69, 9.17) is 15.2 Å². The SMILES string of the molecule is Cc1ccc(N)c2c1OC(C)(C)C1OC21. The molecule has 1 fully saturated rings. The van der Waals surface area contributed by atoms with Crippen molar-refractivity contribution in [2.75, 3.05) is 5.73 Å². The number of anilines is 1. The Bertz CT molecular complexity index is 439. The van der Waals surface area contributed by atoms with Crippen molar-refractivity contribution in [3.05, 3.63) is 23.3 Å². The van der Waals surface area contributed by atoms with Gasteiger partial charge in [-0.2, -0.15) is 0 Å². The Morgan fingerprint density at radius 2 is 2.07 bits per heavy atom. The number of nitrogen functional groups attached to an aromatic ring is 1. The Morgan fingerprint density at radius 1 is 1.33 bits per heavy atom. The van der Waals surface area contributed by atoms with Crippen LogP contribution < -0.4 is 10.5 Å². The number of epoxide rings is 1. The minimum absolute atomic E-state index is 0.142. The fourth-order valence-electron chi connectivity index (χ4n) is 2.33. The average Bonchev–Trinajstić information content (AvgIpc) is 2.91. The fraction of sp³-hybridized carbons (Fsp3) is 0.500. The summed E-state index contributed by atoms with van der Waals surface area (Å²) in [7, 11) is 0. The van der Waals surface area contributed by atoms with Gasteiger partial charge in [0.1, 0.15) is 23.6 Å². The first-order chi connectivity index (χ1) is 7.00. The number of hydrogen-bond acceptors (Lipinski definition) is 3. The topological polar surface area (TPSA) is 47.8 Å². The third-order valence-electron chi connectivity index (χ3n) is 3.25. The van der Waals surface area contributed by atoms with Gasteiger partial charge in [0.2, 0.25) is 0 Å². The van der Waals surface area contributed by atoms with E-state index in [0.29, 0.717) is 0 Å². The molecule has 80 valence electrons. The molecule has 0 bridgehead atoms. The third kappa shape index (κ3) is 1.10. The molecule has 0 spiro atoms. The molecule has 3 heteroatoms. The highest BCUT2D eigenvalue weighted by Gasteiger charge is 2.57. The van der Waals surface area contributed by atoms with Crippen LogP contribution in [0.15, 0.2) is 12.1 Å². The van der Waals surface area contributed by atoms with Crippen molar-refractivity contribution < 1.29 is 9.47 Å². The van der Waals surface area contributed by atoms with Crippen LogP contribution in [0.5, 0.6) is 5.75 Å². The zero-order chi connectivity index (χ0) is 10.8. The standard InChI is InChI=1S/C12H15NO2/c1-6-4-5-7(13)8-9(6)15-12(2,3)11-10(8)14-11/h4-5,10-11H,13H2,1-3H3. The predicted molar refractivity (Wildman–Crippen MR) is 57.9 cm³/mol. The van der Waals surface area contributed by atoms with Crippen molar-refractivity contribution in [2.24, 2.45) is 0 Å². The van der Waals surface area contributed by atoms with Gasteiger partial charge in [0.25, 0.3) is 0 Å². The molecule has 1 aromatic carbocycles. The minimum atomic E-state index is -0.240. The molecular weight excluding hydrogens is 190 g/mol. The molecule has 3 nitrogen and oxygen atoms in total. The second-order valence-electron chi connectivity index (χ2n) is 4.90. The first-order valence-electron chi connectivity index (χ1n) is 5.24. The van der Waals surface area contributed by atoms with E-state index in [2.05, 4.69) is 13.8 Å². The van der Waals surface area contributed by atoms with E-state index in [1.807, 2.05) is 19.1 Å². The molecule has 2 aliphatic heterocycles. The highest BCUT2D eigenvalue weighted by Crippen LogP contribution is 2.56. The van der Waals surface area contributed by atoms with Gasteiger partial charge in [-0.25, -0.2) is 0 Å². The summed E-state index contributed by atoms with van der Waals surface area (Å²) < 4.78 is 11.6. The zero-order valence-corrected chi connectivity index (χ0v) is 9.20. The van der Waals surface area contributed by atoms with Gasteiger partial charge in [-0.15, -0.1) is 0 Å². The van der Waals surface area contributed by atoms with Crippen LogP contribution in [0.4, 0.5) is 5.69 Å². The number of nitrogens with two attached hydrogens (primary N) is 1. The number of fused-ring (bicyclic) bond motifs is 3. The van der Waals surface area contributed by atoms with Crippen LogP contribution in [0.1, 0.15) is 31.1 Å². The molecule has 15 heavy (non-hydrogen) atoms. The quantitative estimate of drug-likeness (QED) is 0.521. The maximum atomic E-state index is 5.98.